The third-order valence-corrected chi connectivity index (χ3v) is 3.46. The molecule has 3 atom stereocenters. The molecule has 2 N–H and O–H groups in total. The number of aliphatic hydroxyl groups excluding tert-OH is 1. The number of carbonyl (C=O) groups excluding carboxylic acids is 1. The number of aliphatic hydroxyl groups is 1. The number of benzene rings is 1. The third kappa shape index (κ3) is 4.94. The molecule has 0 fully saturated rings. The highest BCUT2D eigenvalue weighted by atomic mass is 16.3. The van der Waals surface area contributed by atoms with Gasteiger partial charge in [0.1, 0.15) is 0 Å². The summed E-state index contributed by atoms with van der Waals surface area (Å²) in [5.41, 5.74) is 0.883. The fourth-order valence-corrected chi connectivity index (χ4v) is 2.33. The van der Waals surface area contributed by atoms with E-state index in [1.165, 1.54) is 0 Å². The van der Waals surface area contributed by atoms with Crippen molar-refractivity contribution in [3.8, 4) is 0 Å². The van der Waals surface area contributed by atoms with Crippen LogP contribution < -0.4 is 5.32 Å². The zero-order valence-corrected chi connectivity index (χ0v) is 12.8. The predicted molar refractivity (Wildman–Crippen MR) is 81.4 cm³/mol. The molecular weight excluding hydrogens is 252 g/mol. The van der Waals surface area contributed by atoms with Gasteiger partial charge in [0.05, 0.1) is 12.1 Å². The van der Waals surface area contributed by atoms with E-state index in [2.05, 4.69) is 5.32 Å². The maximum absolute atomic E-state index is 12.1. The molecule has 1 aromatic carbocycles. The van der Waals surface area contributed by atoms with Gasteiger partial charge in [-0.1, -0.05) is 37.3 Å². The summed E-state index contributed by atoms with van der Waals surface area (Å²) in [5, 5.41) is 13.1. The van der Waals surface area contributed by atoms with Crippen molar-refractivity contribution < 1.29 is 9.90 Å². The molecule has 0 spiro atoms. The van der Waals surface area contributed by atoms with E-state index in [-0.39, 0.29) is 18.0 Å². The topological polar surface area (TPSA) is 52.6 Å². The number of nitrogens with one attached hydrogen (secondary N) is 1. The Bertz CT molecular complexity index is 406. The number of hydrogen-bond acceptors (Lipinski definition) is 3. The van der Waals surface area contributed by atoms with Crippen LogP contribution in [0.5, 0.6) is 0 Å². The van der Waals surface area contributed by atoms with Gasteiger partial charge < -0.3 is 10.4 Å². The summed E-state index contributed by atoms with van der Waals surface area (Å²) in [6.07, 6.45) is 0.734. The standard InChI is InChI=1S/C16H26N2O2/c1-5-14(18(3)4)16(20)17-12(2)11-15(19)13-9-7-6-8-10-13/h6-10,12,14-15,19H,5,11H2,1-4H3,(H,17,20). The molecular formula is C16H26N2O2. The van der Waals surface area contributed by atoms with Crippen LogP contribution in [0.15, 0.2) is 30.3 Å². The molecule has 3 unspecified atom stereocenters. The van der Waals surface area contributed by atoms with Gasteiger partial charge in [-0.25, -0.2) is 0 Å². The monoisotopic (exact) mass is 278 g/mol. The molecule has 1 aromatic rings. The smallest absolute Gasteiger partial charge is 0.237 e. The van der Waals surface area contributed by atoms with Crippen LogP contribution in [0.2, 0.25) is 0 Å². The maximum Gasteiger partial charge on any atom is 0.237 e. The van der Waals surface area contributed by atoms with Crippen LogP contribution in [-0.4, -0.2) is 42.1 Å². The molecule has 0 aliphatic heterocycles. The number of likely N-dealkylation sites (N-methyl/N-ethyl adjacent to an activating group) is 1. The summed E-state index contributed by atoms with van der Waals surface area (Å²) >= 11 is 0. The van der Waals surface area contributed by atoms with E-state index in [0.29, 0.717) is 6.42 Å². The normalized spacial score (nSPS) is 15.7. The van der Waals surface area contributed by atoms with Crippen molar-refractivity contribution in [1.29, 1.82) is 0 Å². The first-order chi connectivity index (χ1) is 9.45. The first-order valence-corrected chi connectivity index (χ1v) is 7.15. The van der Waals surface area contributed by atoms with E-state index in [1.807, 2.05) is 63.2 Å². The quantitative estimate of drug-likeness (QED) is 0.801. The van der Waals surface area contributed by atoms with E-state index < -0.39 is 6.10 Å². The van der Waals surface area contributed by atoms with Crippen LogP contribution in [0.1, 0.15) is 38.4 Å². The van der Waals surface area contributed by atoms with Gasteiger partial charge in [-0.15, -0.1) is 0 Å². The fourth-order valence-electron chi connectivity index (χ4n) is 2.33. The summed E-state index contributed by atoms with van der Waals surface area (Å²) in [5.74, 6) is 0.0188. The second-order valence-corrected chi connectivity index (χ2v) is 5.46. The summed E-state index contributed by atoms with van der Waals surface area (Å²) in [4.78, 5) is 14.0. The van der Waals surface area contributed by atoms with E-state index >= 15 is 0 Å². The van der Waals surface area contributed by atoms with E-state index in [0.717, 1.165) is 12.0 Å². The fraction of sp³-hybridized carbons (Fsp3) is 0.562. The van der Waals surface area contributed by atoms with Crippen molar-refractivity contribution >= 4 is 5.91 Å². The van der Waals surface area contributed by atoms with Gasteiger partial charge in [0.2, 0.25) is 5.91 Å². The molecule has 0 aliphatic rings. The highest BCUT2D eigenvalue weighted by molar-refractivity contribution is 5.81. The van der Waals surface area contributed by atoms with Crippen molar-refractivity contribution in [2.24, 2.45) is 0 Å². The summed E-state index contributed by atoms with van der Waals surface area (Å²) in [6, 6.07) is 9.34. The van der Waals surface area contributed by atoms with Gasteiger partial charge in [0.15, 0.2) is 0 Å². The zero-order valence-electron chi connectivity index (χ0n) is 12.8. The molecule has 4 nitrogen and oxygen atoms in total. The first kappa shape index (κ1) is 16.7. The van der Waals surface area contributed by atoms with Crippen molar-refractivity contribution in [3.05, 3.63) is 35.9 Å². The van der Waals surface area contributed by atoms with Crippen LogP contribution in [0, 0.1) is 0 Å². The average Bonchev–Trinajstić information content (AvgIpc) is 2.39. The first-order valence-electron chi connectivity index (χ1n) is 7.15. The van der Waals surface area contributed by atoms with Crippen LogP contribution in [-0.2, 0) is 4.79 Å². The molecule has 4 heteroatoms. The number of carbonyl (C=O) groups is 1. The Morgan fingerprint density at radius 2 is 1.90 bits per heavy atom. The minimum atomic E-state index is -0.550. The van der Waals surface area contributed by atoms with Gasteiger partial charge in [-0.2, -0.15) is 0 Å². The number of nitrogens with zero attached hydrogens (tertiary/aromatic N) is 1. The van der Waals surface area contributed by atoms with Crippen molar-refractivity contribution in [2.75, 3.05) is 14.1 Å². The summed E-state index contributed by atoms with van der Waals surface area (Å²) in [6.45, 7) is 3.92. The molecule has 1 amide bonds. The predicted octanol–water partition coefficient (Wildman–Crippen LogP) is 1.96. The van der Waals surface area contributed by atoms with E-state index in [1.54, 1.807) is 0 Å². The lowest BCUT2D eigenvalue weighted by Crippen LogP contribution is -2.46. The Morgan fingerprint density at radius 3 is 2.40 bits per heavy atom. The van der Waals surface area contributed by atoms with E-state index in [9.17, 15) is 9.90 Å². The molecule has 0 radical (unpaired) electrons. The second-order valence-electron chi connectivity index (χ2n) is 5.46. The Hall–Kier alpha value is -1.39. The molecule has 0 aromatic heterocycles. The van der Waals surface area contributed by atoms with Gasteiger partial charge in [-0.3, -0.25) is 9.69 Å². The zero-order chi connectivity index (χ0) is 15.1. The second kappa shape index (κ2) is 8.02. The Balaban J connectivity index is 2.51. The summed E-state index contributed by atoms with van der Waals surface area (Å²) in [7, 11) is 3.80. The molecule has 1 rings (SSSR count). The van der Waals surface area contributed by atoms with Crippen LogP contribution >= 0.6 is 0 Å². The Morgan fingerprint density at radius 1 is 1.30 bits per heavy atom. The average molecular weight is 278 g/mol. The lowest BCUT2D eigenvalue weighted by molar-refractivity contribution is -0.126. The summed E-state index contributed by atoms with van der Waals surface area (Å²) < 4.78 is 0. The molecule has 0 saturated heterocycles. The minimum absolute atomic E-state index is 0.0188. The number of rotatable bonds is 7. The van der Waals surface area contributed by atoms with Gasteiger partial charge >= 0.3 is 0 Å². The lowest BCUT2D eigenvalue weighted by atomic mass is 10.0. The highest BCUT2D eigenvalue weighted by Gasteiger charge is 2.21. The van der Waals surface area contributed by atoms with Gasteiger partial charge in [0.25, 0.3) is 0 Å². The Labute approximate surface area is 121 Å². The molecule has 112 valence electrons. The van der Waals surface area contributed by atoms with Gasteiger partial charge in [-0.05, 0) is 39.4 Å². The molecule has 0 saturated carbocycles. The van der Waals surface area contributed by atoms with Crippen LogP contribution in [0.4, 0.5) is 0 Å². The Kier molecular flexibility index (Phi) is 6.68. The largest absolute Gasteiger partial charge is 0.388 e. The maximum atomic E-state index is 12.1. The van der Waals surface area contributed by atoms with Crippen molar-refractivity contribution in [1.82, 2.24) is 10.2 Å². The SMILES string of the molecule is CCC(C(=O)NC(C)CC(O)c1ccccc1)N(C)C. The molecule has 0 aliphatic carbocycles. The molecule has 0 bridgehead atoms. The van der Waals surface area contributed by atoms with Crippen LogP contribution in [0.3, 0.4) is 0 Å². The van der Waals surface area contributed by atoms with Crippen LogP contribution in [0.25, 0.3) is 0 Å². The lowest BCUT2D eigenvalue weighted by Gasteiger charge is -2.25. The van der Waals surface area contributed by atoms with Gasteiger partial charge in [0, 0.05) is 6.04 Å². The van der Waals surface area contributed by atoms with E-state index in [4.69, 9.17) is 0 Å². The number of amides is 1. The minimum Gasteiger partial charge on any atom is -0.388 e. The van der Waals surface area contributed by atoms with Crippen molar-refractivity contribution in [3.63, 3.8) is 0 Å². The molecule has 20 heavy (non-hydrogen) atoms. The van der Waals surface area contributed by atoms with Crippen molar-refractivity contribution in [2.45, 2.75) is 44.9 Å². The number of hydrogen-bond donors (Lipinski definition) is 2. The molecule has 0 heterocycles. The third-order valence-electron chi connectivity index (χ3n) is 3.46. The highest BCUT2D eigenvalue weighted by Crippen LogP contribution is 2.17.